The Bertz CT molecular complexity index is 856. The van der Waals surface area contributed by atoms with E-state index in [2.05, 4.69) is 21.4 Å². The molecule has 5 heteroatoms. The minimum atomic E-state index is -0.123. The Balaban J connectivity index is 1.87. The molecule has 0 aliphatic rings. The van der Waals surface area contributed by atoms with Gasteiger partial charge in [0.2, 0.25) is 0 Å². The van der Waals surface area contributed by atoms with Crippen LogP contribution in [-0.2, 0) is 0 Å². The maximum atomic E-state index is 12.6. The zero-order valence-electron chi connectivity index (χ0n) is 13.3. The van der Waals surface area contributed by atoms with Crippen molar-refractivity contribution in [1.82, 2.24) is 9.97 Å². The van der Waals surface area contributed by atoms with Crippen LogP contribution in [0.4, 0.5) is 5.69 Å². The SMILES string of the molecule is Cc1ccc(NC(=O)c2sc(-c3cccnc3)nc2C)c(C)c1. The number of rotatable bonds is 3. The second-order valence-electron chi connectivity index (χ2n) is 5.45. The number of hydrogen-bond donors (Lipinski definition) is 1. The number of amides is 1. The first kappa shape index (κ1) is 15.4. The number of pyridine rings is 1. The predicted octanol–water partition coefficient (Wildman–Crippen LogP) is 4.38. The van der Waals surface area contributed by atoms with Crippen LogP contribution < -0.4 is 5.32 Å². The summed E-state index contributed by atoms with van der Waals surface area (Å²) in [7, 11) is 0. The van der Waals surface area contributed by atoms with Gasteiger partial charge in [0.25, 0.3) is 5.91 Å². The fourth-order valence-corrected chi connectivity index (χ4v) is 3.30. The van der Waals surface area contributed by atoms with Gasteiger partial charge in [0.1, 0.15) is 9.88 Å². The quantitative estimate of drug-likeness (QED) is 0.778. The number of aryl methyl sites for hydroxylation is 3. The van der Waals surface area contributed by atoms with Gasteiger partial charge in [-0.1, -0.05) is 17.7 Å². The summed E-state index contributed by atoms with van der Waals surface area (Å²) >= 11 is 1.39. The zero-order chi connectivity index (χ0) is 16.4. The van der Waals surface area contributed by atoms with Gasteiger partial charge in [0, 0.05) is 23.6 Å². The van der Waals surface area contributed by atoms with Gasteiger partial charge in [0.15, 0.2) is 0 Å². The van der Waals surface area contributed by atoms with Crippen molar-refractivity contribution in [3.63, 3.8) is 0 Å². The van der Waals surface area contributed by atoms with E-state index in [0.29, 0.717) is 4.88 Å². The molecule has 3 rings (SSSR count). The fourth-order valence-electron chi connectivity index (χ4n) is 2.35. The zero-order valence-corrected chi connectivity index (χ0v) is 14.1. The normalized spacial score (nSPS) is 10.6. The molecule has 0 bridgehead atoms. The van der Waals surface area contributed by atoms with Crippen LogP contribution in [0.5, 0.6) is 0 Å². The molecule has 2 aromatic heterocycles. The van der Waals surface area contributed by atoms with Crippen molar-refractivity contribution < 1.29 is 4.79 Å². The number of nitrogens with zero attached hydrogens (tertiary/aromatic N) is 2. The Morgan fingerprint density at radius 2 is 2.00 bits per heavy atom. The summed E-state index contributed by atoms with van der Waals surface area (Å²) in [5.41, 5.74) is 4.71. The van der Waals surface area contributed by atoms with E-state index in [1.807, 2.05) is 45.0 Å². The number of benzene rings is 1. The van der Waals surface area contributed by atoms with Gasteiger partial charge in [-0.25, -0.2) is 4.98 Å². The third-order valence-corrected chi connectivity index (χ3v) is 4.75. The molecule has 0 saturated carbocycles. The number of carbonyl (C=O) groups is 1. The van der Waals surface area contributed by atoms with E-state index >= 15 is 0 Å². The van der Waals surface area contributed by atoms with Crippen LogP contribution >= 0.6 is 11.3 Å². The summed E-state index contributed by atoms with van der Waals surface area (Å²) in [6.07, 6.45) is 3.47. The lowest BCUT2D eigenvalue weighted by atomic mass is 10.1. The number of anilines is 1. The van der Waals surface area contributed by atoms with Gasteiger partial charge in [-0.05, 0) is 44.5 Å². The van der Waals surface area contributed by atoms with Gasteiger partial charge >= 0.3 is 0 Å². The molecule has 23 heavy (non-hydrogen) atoms. The van der Waals surface area contributed by atoms with E-state index in [4.69, 9.17) is 0 Å². The Morgan fingerprint density at radius 3 is 2.70 bits per heavy atom. The number of thiazole rings is 1. The summed E-state index contributed by atoms with van der Waals surface area (Å²) in [6, 6.07) is 9.78. The minimum Gasteiger partial charge on any atom is -0.321 e. The molecular weight excluding hydrogens is 306 g/mol. The van der Waals surface area contributed by atoms with Crippen molar-refractivity contribution in [3.05, 3.63) is 64.4 Å². The molecule has 3 aromatic rings. The molecule has 1 amide bonds. The lowest BCUT2D eigenvalue weighted by molar-refractivity contribution is 0.102. The molecule has 1 aromatic carbocycles. The van der Waals surface area contributed by atoms with Crippen LogP contribution in [0.15, 0.2) is 42.7 Å². The molecule has 0 aliphatic carbocycles. The van der Waals surface area contributed by atoms with Crippen LogP contribution in [0, 0.1) is 20.8 Å². The van der Waals surface area contributed by atoms with Crippen LogP contribution in [0.1, 0.15) is 26.5 Å². The average Bonchev–Trinajstić information content (AvgIpc) is 2.93. The van der Waals surface area contributed by atoms with Gasteiger partial charge in [-0.2, -0.15) is 0 Å². The largest absolute Gasteiger partial charge is 0.321 e. The highest BCUT2D eigenvalue weighted by molar-refractivity contribution is 7.17. The molecule has 0 fully saturated rings. The van der Waals surface area contributed by atoms with Crippen molar-refractivity contribution in [2.24, 2.45) is 0 Å². The van der Waals surface area contributed by atoms with Gasteiger partial charge < -0.3 is 5.32 Å². The van der Waals surface area contributed by atoms with Crippen LogP contribution in [-0.4, -0.2) is 15.9 Å². The smallest absolute Gasteiger partial charge is 0.267 e. The highest BCUT2D eigenvalue weighted by Crippen LogP contribution is 2.28. The molecule has 4 nitrogen and oxygen atoms in total. The molecule has 0 radical (unpaired) electrons. The van der Waals surface area contributed by atoms with E-state index < -0.39 is 0 Å². The lowest BCUT2D eigenvalue weighted by Gasteiger charge is -2.08. The molecule has 0 saturated heterocycles. The van der Waals surface area contributed by atoms with Crippen molar-refractivity contribution in [2.45, 2.75) is 20.8 Å². The number of carbonyl (C=O) groups excluding carboxylic acids is 1. The molecule has 0 unspecified atom stereocenters. The minimum absolute atomic E-state index is 0.123. The molecule has 0 spiro atoms. The monoisotopic (exact) mass is 323 g/mol. The van der Waals surface area contributed by atoms with Crippen molar-refractivity contribution >= 4 is 22.9 Å². The highest BCUT2D eigenvalue weighted by Gasteiger charge is 2.17. The third kappa shape index (κ3) is 3.29. The van der Waals surface area contributed by atoms with E-state index in [1.165, 1.54) is 16.9 Å². The third-order valence-electron chi connectivity index (χ3n) is 3.54. The fraction of sp³-hybridized carbons (Fsp3) is 0.167. The first-order chi connectivity index (χ1) is 11.0. The Hall–Kier alpha value is -2.53. The van der Waals surface area contributed by atoms with Crippen molar-refractivity contribution in [3.8, 4) is 10.6 Å². The molecular formula is C18H17N3OS. The molecule has 0 atom stereocenters. The molecule has 2 heterocycles. The summed E-state index contributed by atoms with van der Waals surface area (Å²) in [4.78, 5) is 21.8. The van der Waals surface area contributed by atoms with Crippen LogP contribution in [0.3, 0.4) is 0 Å². The van der Waals surface area contributed by atoms with Gasteiger partial charge in [-0.3, -0.25) is 9.78 Å². The average molecular weight is 323 g/mol. The lowest BCUT2D eigenvalue weighted by Crippen LogP contribution is -2.12. The van der Waals surface area contributed by atoms with Crippen LogP contribution in [0.2, 0.25) is 0 Å². The van der Waals surface area contributed by atoms with E-state index in [9.17, 15) is 4.79 Å². The first-order valence-electron chi connectivity index (χ1n) is 7.31. The summed E-state index contributed by atoms with van der Waals surface area (Å²) in [5, 5.41) is 3.78. The molecule has 0 aliphatic heterocycles. The second-order valence-corrected chi connectivity index (χ2v) is 6.45. The topological polar surface area (TPSA) is 54.9 Å². The second kappa shape index (κ2) is 6.30. The molecule has 116 valence electrons. The Morgan fingerprint density at radius 1 is 1.17 bits per heavy atom. The summed E-state index contributed by atoms with van der Waals surface area (Å²) < 4.78 is 0. The summed E-state index contributed by atoms with van der Waals surface area (Å²) in [5.74, 6) is -0.123. The van der Waals surface area contributed by atoms with Gasteiger partial charge in [-0.15, -0.1) is 11.3 Å². The van der Waals surface area contributed by atoms with Crippen molar-refractivity contribution in [1.29, 1.82) is 0 Å². The standard InChI is InChI=1S/C18H17N3OS/c1-11-6-7-15(12(2)9-11)21-17(22)16-13(3)20-18(23-16)14-5-4-8-19-10-14/h4-10H,1-3H3,(H,21,22). The number of aromatic nitrogens is 2. The molecule has 1 N–H and O–H groups in total. The van der Waals surface area contributed by atoms with E-state index in [0.717, 1.165) is 27.5 Å². The van der Waals surface area contributed by atoms with E-state index in [-0.39, 0.29) is 5.91 Å². The number of nitrogens with one attached hydrogen (secondary N) is 1. The summed E-state index contributed by atoms with van der Waals surface area (Å²) in [6.45, 7) is 5.88. The highest BCUT2D eigenvalue weighted by atomic mass is 32.1. The van der Waals surface area contributed by atoms with Gasteiger partial charge in [0.05, 0.1) is 5.69 Å². The maximum absolute atomic E-state index is 12.6. The van der Waals surface area contributed by atoms with Crippen molar-refractivity contribution in [2.75, 3.05) is 5.32 Å². The number of hydrogen-bond acceptors (Lipinski definition) is 4. The maximum Gasteiger partial charge on any atom is 0.267 e. The Labute approximate surface area is 139 Å². The Kier molecular flexibility index (Phi) is 4.21. The van der Waals surface area contributed by atoms with E-state index in [1.54, 1.807) is 12.4 Å². The van der Waals surface area contributed by atoms with Crippen LogP contribution in [0.25, 0.3) is 10.6 Å². The first-order valence-corrected chi connectivity index (χ1v) is 8.12. The predicted molar refractivity (Wildman–Crippen MR) is 94.0 cm³/mol.